The first-order valence-electron chi connectivity index (χ1n) is 7.97. The molecule has 0 fully saturated rings. The second kappa shape index (κ2) is 4.78. The van der Waals surface area contributed by atoms with Crippen molar-refractivity contribution in [3.05, 3.63) is 59.2 Å². The Balaban J connectivity index is 2.38. The van der Waals surface area contributed by atoms with Crippen LogP contribution in [0.4, 0.5) is 5.82 Å². The Morgan fingerprint density at radius 2 is 2.06 bits per heavy atom. The van der Waals surface area contributed by atoms with Crippen LogP contribution in [-0.4, -0.2) is 10.9 Å². The van der Waals surface area contributed by atoms with Gasteiger partial charge in [0.1, 0.15) is 5.82 Å². The van der Waals surface area contributed by atoms with Crippen molar-refractivity contribution in [2.45, 2.75) is 13.8 Å². The number of benzene rings is 1. The van der Waals surface area contributed by atoms with E-state index in [0.29, 0.717) is 5.56 Å². The number of hydrogen-bond donors (Lipinski definition) is 1. The van der Waals surface area contributed by atoms with E-state index >= 15 is 0 Å². The third-order valence-corrected chi connectivity index (χ3v) is 2.13. The third kappa shape index (κ3) is 2.91. The molecular formula is C14H14N2O. The quantitative estimate of drug-likeness (QED) is 0.865. The molecule has 1 aromatic heterocycles. The van der Waals surface area contributed by atoms with Crippen LogP contribution in [0.5, 0.6) is 0 Å². The Kier molecular flexibility index (Phi) is 1.68. The monoisotopic (exact) mass is 232 g/mol. The minimum atomic E-state index is -2.71. The lowest BCUT2D eigenvalue weighted by molar-refractivity contribution is 0.102. The molecule has 0 saturated carbocycles. The summed E-state index contributed by atoms with van der Waals surface area (Å²) in [6.45, 7) is -0.839. The molecule has 0 aliphatic rings. The predicted octanol–water partition coefficient (Wildman–Crippen LogP) is 2.95. The summed E-state index contributed by atoms with van der Waals surface area (Å²) in [7, 11) is 0. The minimum absolute atomic E-state index is 0.307. The van der Waals surface area contributed by atoms with E-state index in [9.17, 15) is 4.79 Å². The molecule has 1 amide bonds. The highest BCUT2D eigenvalue weighted by Crippen LogP contribution is 2.08. The Morgan fingerprint density at radius 1 is 1.29 bits per heavy atom. The van der Waals surface area contributed by atoms with E-state index in [1.165, 1.54) is 0 Å². The van der Waals surface area contributed by atoms with E-state index in [1.807, 2.05) is 6.92 Å². The lowest BCUT2D eigenvalue weighted by atomic mass is 10.1. The molecule has 0 unspecified atom stereocenters. The highest BCUT2D eigenvalue weighted by atomic mass is 16.1. The first-order valence-corrected chi connectivity index (χ1v) is 4.97. The van der Waals surface area contributed by atoms with Gasteiger partial charge in [-0.05, 0) is 37.5 Å². The molecule has 0 radical (unpaired) electrons. The van der Waals surface area contributed by atoms with Crippen molar-refractivity contribution in [1.82, 2.24) is 4.98 Å². The molecule has 0 aliphatic carbocycles. The fourth-order valence-corrected chi connectivity index (χ4v) is 1.23. The molecule has 0 spiro atoms. The first-order chi connectivity index (χ1) is 10.6. The summed E-state index contributed by atoms with van der Waals surface area (Å²) in [6, 6.07) is 5.50. The Hall–Kier alpha value is -2.16. The van der Waals surface area contributed by atoms with Crippen LogP contribution >= 0.6 is 0 Å². The molecule has 1 heterocycles. The third-order valence-electron chi connectivity index (χ3n) is 2.13. The van der Waals surface area contributed by atoms with Crippen LogP contribution in [0.15, 0.2) is 42.5 Å². The number of aryl methyl sites for hydroxylation is 1. The molecule has 0 bridgehead atoms. The molecule has 17 heavy (non-hydrogen) atoms. The summed E-state index contributed by atoms with van der Waals surface area (Å²) in [5, 5.41) is 2.35. The van der Waals surface area contributed by atoms with Gasteiger partial charge in [-0.2, -0.15) is 0 Å². The number of aromatic nitrogens is 1. The Labute approximate surface area is 109 Å². The summed E-state index contributed by atoms with van der Waals surface area (Å²) in [5.41, 5.74) is 0.704. The van der Waals surface area contributed by atoms with Gasteiger partial charge in [-0.1, -0.05) is 23.7 Å². The van der Waals surface area contributed by atoms with Crippen molar-refractivity contribution in [2.75, 3.05) is 5.32 Å². The topological polar surface area (TPSA) is 42.0 Å². The van der Waals surface area contributed by atoms with Crippen LogP contribution in [0.3, 0.4) is 0 Å². The van der Waals surface area contributed by atoms with Crippen molar-refractivity contribution >= 4 is 11.7 Å². The molecular weight excluding hydrogens is 212 g/mol. The molecule has 2 rings (SSSR count). The summed E-state index contributed by atoms with van der Waals surface area (Å²) in [6.07, 6.45) is -0.648. The van der Waals surface area contributed by atoms with E-state index in [2.05, 4.69) is 10.3 Å². The number of carbonyl (C=O) groups is 1. The number of nitrogens with zero attached hydrogens (tertiary/aromatic N) is 1. The average molecular weight is 232 g/mol. The van der Waals surface area contributed by atoms with E-state index in [-0.39, 0.29) is 5.82 Å². The smallest absolute Gasteiger partial charge is 0.256 e. The maximum Gasteiger partial charge on any atom is 0.256 e. The van der Waals surface area contributed by atoms with E-state index in [0.717, 1.165) is 5.56 Å². The SMILES string of the molecule is [2H]c1nc(NC(=O)c2ccc(C)cc2)c([2H])c([2H])c1C([2H])([2H])[2H]. The minimum Gasteiger partial charge on any atom is -0.307 e. The van der Waals surface area contributed by atoms with Crippen LogP contribution in [0.25, 0.3) is 0 Å². The molecule has 0 aliphatic heterocycles. The van der Waals surface area contributed by atoms with Crippen LogP contribution < -0.4 is 5.32 Å². The van der Waals surface area contributed by atoms with Gasteiger partial charge >= 0.3 is 0 Å². The number of hydrogen-bond acceptors (Lipinski definition) is 2. The highest BCUT2D eigenvalue weighted by Gasteiger charge is 2.05. The molecule has 86 valence electrons. The maximum atomic E-state index is 12.1. The molecule has 3 heteroatoms. The second-order valence-electron chi connectivity index (χ2n) is 3.52. The van der Waals surface area contributed by atoms with Crippen molar-refractivity contribution in [1.29, 1.82) is 0 Å². The van der Waals surface area contributed by atoms with Crippen molar-refractivity contribution in [3.8, 4) is 0 Å². The van der Waals surface area contributed by atoms with Crippen LogP contribution in [0.1, 0.15) is 29.7 Å². The number of rotatable bonds is 2. The summed E-state index contributed by atoms with van der Waals surface area (Å²) in [5.74, 6) is -0.856. The number of carbonyl (C=O) groups excluding carboxylic acids is 1. The van der Waals surface area contributed by atoms with Gasteiger partial charge in [0, 0.05) is 15.8 Å². The van der Waals surface area contributed by atoms with E-state index < -0.39 is 36.6 Å². The standard InChI is InChI=1S/C14H14N2O/c1-10-3-6-12(7-4-10)14(17)16-13-8-5-11(2)9-15-13/h3-9H,1-2H3,(H,15,16,17)/i2D3,5D,8D,9D. The Morgan fingerprint density at radius 3 is 2.76 bits per heavy atom. The second-order valence-corrected chi connectivity index (χ2v) is 3.52. The molecule has 0 saturated heterocycles. The first kappa shape index (κ1) is 5.96. The van der Waals surface area contributed by atoms with Crippen LogP contribution in [-0.2, 0) is 0 Å². The number of pyridine rings is 1. The number of nitrogens with one attached hydrogen (secondary N) is 1. The van der Waals surface area contributed by atoms with E-state index in [4.69, 9.17) is 8.22 Å². The van der Waals surface area contributed by atoms with Gasteiger partial charge in [-0.3, -0.25) is 4.79 Å². The number of amides is 1. The summed E-state index contributed by atoms with van der Waals surface area (Å²) in [4.78, 5) is 15.8. The predicted molar refractivity (Wildman–Crippen MR) is 68.1 cm³/mol. The van der Waals surface area contributed by atoms with Gasteiger partial charge < -0.3 is 5.32 Å². The zero-order chi connectivity index (χ0) is 17.4. The lowest BCUT2D eigenvalue weighted by Crippen LogP contribution is -2.12. The van der Waals surface area contributed by atoms with Crippen LogP contribution in [0, 0.1) is 13.8 Å². The normalized spacial score (nSPS) is 15.8. The molecule has 1 aromatic carbocycles. The fraction of sp³-hybridized carbons (Fsp3) is 0.143. The summed E-state index contributed by atoms with van der Waals surface area (Å²) >= 11 is 0. The van der Waals surface area contributed by atoms with Gasteiger partial charge in [-0.15, -0.1) is 0 Å². The van der Waals surface area contributed by atoms with Crippen molar-refractivity contribution in [2.24, 2.45) is 0 Å². The summed E-state index contributed by atoms with van der Waals surface area (Å²) < 4.78 is 45.1. The zero-order valence-electron chi connectivity index (χ0n) is 15.2. The highest BCUT2D eigenvalue weighted by molar-refractivity contribution is 6.03. The largest absolute Gasteiger partial charge is 0.307 e. The molecule has 3 nitrogen and oxygen atoms in total. The molecule has 2 aromatic rings. The van der Waals surface area contributed by atoms with Crippen molar-refractivity contribution < 1.29 is 13.0 Å². The van der Waals surface area contributed by atoms with Gasteiger partial charge in [0.2, 0.25) is 0 Å². The lowest BCUT2D eigenvalue weighted by Gasteiger charge is -2.04. The zero-order valence-corrected chi connectivity index (χ0v) is 9.16. The maximum absolute atomic E-state index is 12.1. The Bertz CT molecular complexity index is 755. The van der Waals surface area contributed by atoms with Gasteiger partial charge in [0.25, 0.3) is 5.91 Å². The van der Waals surface area contributed by atoms with Crippen LogP contribution in [0.2, 0.25) is 0 Å². The van der Waals surface area contributed by atoms with Gasteiger partial charge in [-0.25, -0.2) is 4.98 Å². The molecule has 0 atom stereocenters. The fourth-order valence-electron chi connectivity index (χ4n) is 1.23. The van der Waals surface area contributed by atoms with Gasteiger partial charge in [0.15, 0.2) is 0 Å². The van der Waals surface area contributed by atoms with E-state index in [1.54, 1.807) is 24.3 Å². The van der Waals surface area contributed by atoms with Crippen molar-refractivity contribution in [3.63, 3.8) is 0 Å². The van der Waals surface area contributed by atoms with Gasteiger partial charge in [0.05, 0.1) is 4.11 Å². The molecule has 1 N–H and O–H groups in total. The number of anilines is 1. The average Bonchev–Trinajstić information content (AvgIpc) is 2.43.